The number of nitrogens with zero attached hydrogens (tertiary/aromatic N) is 2. The molecule has 0 bridgehead atoms. The first-order valence-electron chi connectivity index (χ1n) is 6.96. The predicted octanol–water partition coefficient (Wildman–Crippen LogP) is 2.16. The normalized spacial score (nSPS) is 16.2. The van der Waals surface area contributed by atoms with Gasteiger partial charge >= 0.3 is 0 Å². The number of benzene rings is 1. The van der Waals surface area contributed by atoms with Gasteiger partial charge < -0.3 is 14.5 Å². The number of rotatable bonds is 4. The van der Waals surface area contributed by atoms with Crippen LogP contribution in [-0.4, -0.2) is 55.5 Å². The van der Waals surface area contributed by atoms with E-state index < -0.39 is 0 Å². The van der Waals surface area contributed by atoms with E-state index in [1.165, 1.54) is 0 Å². The summed E-state index contributed by atoms with van der Waals surface area (Å²) in [6.45, 7) is 6.80. The van der Waals surface area contributed by atoms with Gasteiger partial charge in [-0.15, -0.1) is 0 Å². The Bertz CT molecular complexity index is 471. The van der Waals surface area contributed by atoms with Crippen molar-refractivity contribution >= 4 is 21.8 Å². The molecular formula is C15H21BrN2O2. The molecule has 1 aromatic carbocycles. The Hall–Kier alpha value is -1.07. The first-order chi connectivity index (χ1) is 9.63. The van der Waals surface area contributed by atoms with Crippen molar-refractivity contribution in [1.29, 1.82) is 0 Å². The number of methoxy groups -OCH3 is 1. The maximum absolute atomic E-state index is 12.4. The number of ether oxygens (including phenoxy) is 1. The van der Waals surface area contributed by atoms with Gasteiger partial charge in [-0.1, -0.05) is 22.9 Å². The molecule has 1 aliphatic rings. The van der Waals surface area contributed by atoms with Crippen molar-refractivity contribution < 1.29 is 9.53 Å². The molecule has 0 spiro atoms. The highest BCUT2D eigenvalue weighted by Gasteiger charge is 2.21. The molecule has 1 heterocycles. The summed E-state index contributed by atoms with van der Waals surface area (Å²) in [5.41, 5.74) is 0.935. The molecule has 0 radical (unpaired) electrons. The van der Waals surface area contributed by atoms with Gasteiger partial charge in [-0.05, 0) is 24.7 Å². The van der Waals surface area contributed by atoms with Crippen molar-refractivity contribution in [3.05, 3.63) is 28.2 Å². The summed E-state index contributed by atoms with van der Waals surface area (Å²) < 4.78 is 6.29. The minimum atomic E-state index is 0.178. The third-order valence-electron chi connectivity index (χ3n) is 3.76. The summed E-state index contributed by atoms with van der Waals surface area (Å²) in [4.78, 5) is 16.7. The highest BCUT2D eigenvalue weighted by molar-refractivity contribution is 9.10. The number of hydrogen-bond acceptors (Lipinski definition) is 3. The van der Waals surface area contributed by atoms with E-state index in [2.05, 4.69) is 27.8 Å². The molecule has 2 rings (SSSR count). The molecule has 0 N–H and O–H groups in total. The van der Waals surface area contributed by atoms with Crippen LogP contribution >= 0.6 is 15.9 Å². The lowest BCUT2D eigenvalue weighted by Gasteiger charge is -2.34. The lowest BCUT2D eigenvalue weighted by molar-refractivity contribution is -0.132. The molecule has 110 valence electrons. The fourth-order valence-corrected chi connectivity index (χ4v) is 2.88. The maximum Gasteiger partial charge on any atom is 0.227 e. The van der Waals surface area contributed by atoms with Crippen LogP contribution in [-0.2, 0) is 11.2 Å². The van der Waals surface area contributed by atoms with Crippen molar-refractivity contribution in [3.63, 3.8) is 0 Å². The van der Waals surface area contributed by atoms with Crippen LogP contribution < -0.4 is 4.74 Å². The molecule has 0 saturated carbocycles. The van der Waals surface area contributed by atoms with E-state index in [1.807, 2.05) is 23.1 Å². The topological polar surface area (TPSA) is 32.8 Å². The first kappa shape index (κ1) is 15.3. The third-order valence-corrected chi connectivity index (χ3v) is 4.25. The van der Waals surface area contributed by atoms with Gasteiger partial charge in [0.1, 0.15) is 5.75 Å². The number of likely N-dealkylation sites (N-methyl/N-ethyl adjacent to an activating group) is 1. The maximum atomic E-state index is 12.4. The molecule has 0 aromatic heterocycles. The molecule has 4 nitrogen and oxygen atoms in total. The van der Waals surface area contributed by atoms with E-state index in [4.69, 9.17) is 4.74 Å². The quantitative estimate of drug-likeness (QED) is 0.842. The summed E-state index contributed by atoms with van der Waals surface area (Å²) in [6, 6.07) is 5.77. The van der Waals surface area contributed by atoms with Gasteiger partial charge in [-0.25, -0.2) is 0 Å². The summed E-state index contributed by atoms with van der Waals surface area (Å²) in [6.07, 6.45) is 0.398. The number of amides is 1. The molecule has 0 atom stereocenters. The van der Waals surface area contributed by atoms with E-state index >= 15 is 0 Å². The third kappa shape index (κ3) is 3.73. The Labute approximate surface area is 128 Å². The molecular weight excluding hydrogens is 320 g/mol. The molecule has 1 saturated heterocycles. The molecule has 20 heavy (non-hydrogen) atoms. The largest absolute Gasteiger partial charge is 0.496 e. The monoisotopic (exact) mass is 340 g/mol. The first-order valence-corrected chi connectivity index (χ1v) is 7.76. The van der Waals surface area contributed by atoms with Crippen molar-refractivity contribution in [1.82, 2.24) is 9.80 Å². The van der Waals surface area contributed by atoms with Gasteiger partial charge in [0.05, 0.1) is 13.5 Å². The SMILES string of the molecule is CCN1CCN(C(=O)Cc2cc(Br)ccc2OC)CC1. The van der Waals surface area contributed by atoms with Crippen LogP contribution in [0.15, 0.2) is 22.7 Å². The minimum Gasteiger partial charge on any atom is -0.496 e. The average molecular weight is 341 g/mol. The molecule has 1 aliphatic heterocycles. The van der Waals surface area contributed by atoms with Crippen LogP contribution in [0, 0.1) is 0 Å². The van der Waals surface area contributed by atoms with Gasteiger partial charge in [-0.3, -0.25) is 4.79 Å². The zero-order valence-corrected chi connectivity index (χ0v) is 13.6. The molecule has 1 aromatic rings. The lowest BCUT2D eigenvalue weighted by Crippen LogP contribution is -2.48. The van der Waals surface area contributed by atoms with E-state index in [0.717, 1.165) is 48.5 Å². The smallest absolute Gasteiger partial charge is 0.227 e. The van der Waals surface area contributed by atoms with Crippen LogP contribution in [0.2, 0.25) is 0 Å². The highest BCUT2D eigenvalue weighted by atomic mass is 79.9. The summed E-state index contributed by atoms with van der Waals surface area (Å²) in [5, 5.41) is 0. The molecule has 5 heteroatoms. The Kier molecular flexibility index (Phi) is 5.43. The zero-order chi connectivity index (χ0) is 14.5. The van der Waals surface area contributed by atoms with E-state index in [0.29, 0.717) is 6.42 Å². The van der Waals surface area contributed by atoms with Crippen LogP contribution in [0.3, 0.4) is 0 Å². The Morgan fingerprint density at radius 1 is 1.30 bits per heavy atom. The van der Waals surface area contributed by atoms with Crippen molar-refractivity contribution in [2.75, 3.05) is 39.8 Å². The van der Waals surface area contributed by atoms with Crippen LogP contribution in [0.1, 0.15) is 12.5 Å². The van der Waals surface area contributed by atoms with E-state index in [9.17, 15) is 4.79 Å². The average Bonchev–Trinajstić information content (AvgIpc) is 2.47. The second-order valence-corrected chi connectivity index (χ2v) is 5.86. The lowest BCUT2D eigenvalue weighted by atomic mass is 10.1. The highest BCUT2D eigenvalue weighted by Crippen LogP contribution is 2.24. The van der Waals surface area contributed by atoms with Crippen molar-refractivity contribution in [2.45, 2.75) is 13.3 Å². The molecule has 1 amide bonds. The van der Waals surface area contributed by atoms with Crippen molar-refractivity contribution in [2.24, 2.45) is 0 Å². The number of carbonyl (C=O) groups is 1. The van der Waals surface area contributed by atoms with Crippen molar-refractivity contribution in [3.8, 4) is 5.75 Å². The fraction of sp³-hybridized carbons (Fsp3) is 0.533. The summed E-state index contributed by atoms with van der Waals surface area (Å²) in [7, 11) is 1.64. The second-order valence-electron chi connectivity index (χ2n) is 4.95. The van der Waals surface area contributed by atoms with Gasteiger partial charge in [0.2, 0.25) is 5.91 Å². The van der Waals surface area contributed by atoms with Crippen LogP contribution in [0.25, 0.3) is 0 Å². The zero-order valence-electron chi connectivity index (χ0n) is 12.1. The van der Waals surface area contributed by atoms with E-state index in [-0.39, 0.29) is 5.91 Å². The second kappa shape index (κ2) is 7.09. The Morgan fingerprint density at radius 3 is 2.60 bits per heavy atom. The molecule has 1 fully saturated rings. The molecule has 0 unspecified atom stereocenters. The van der Waals surface area contributed by atoms with Gasteiger partial charge in [0.25, 0.3) is 0 Å². The van der Waals surface area contributed by atoms with Crippen LogP contribution in [0.4, 0.5) is 0 Å². The van der Waals surface area contributed by atoms with Crippen LogP contribution in [0.5, 0.6) is 5.75 Å². The van der Waals surface area contributed by atoms with Gasteiger partial charge in [0.15, 0.2) is 0 Å². The number of piperazine rings is 1. The minimum absolute atomic E-state index is 0.178. The predicted molar refractivity (Wildman–Crippen MR) is 83.1 cm³/mol. The molecule has 0 aliphatic carbocycles. The Balaban J connectivity index is 1.99. The fourth-order valence-electron chi connectivity index (χ4n) is 2.47. The standard InChI is InChI=1S/C15H21BrN2O2/c1-3-17-6-8-18(9-7-17)15(19)11-12-10-13(16)4-5-14(12)20-2/h4-5,10H,3,6-9,11H2,1-2H3. The van der Waals surface area contributed by atoms with E-state index in [1.54, 1.807) is 7.11 Å². The summed E-state index contributed by atoms with van der Waals surface area (Å²) in [5.74, 6) is 0.950. The Morgan fingerprint density at radius 2 is 2.00 bits per heavy atom. The number of halogens is 1. The number of carbonyl (C=O) groups excluding carboxylic acids is 1. The summed E-state index contributed by atoms with van der Waals surface area (Å²) >= 11 is 3.44. The van der Waals surface area contributed by atoms with Gasteiger partial charge in [-0.2, -0.15) is 0 Å². The number of hydrogen-bond donors (Lipinski definition) is 0. The van der Waals surface area contributed by atoms with Gasteiger partial charge in [0, 0.05) is 36.2 Å².